The molecule has 76 valence electrons. The zero-order valence-corrected chi connectivity index (χ0v) is 7.86. The summed E-state index contributed by atoms with van der Waals surface area (Å²) in [6, 6.07) is 0. The number of aliphatic hydroxyl groups excluding tert-OH is 1. The maximum absolute atomic E-state index is 10.8. The molecule has 0 rings (SSSR count). The molecule has 4 nitrogen and oxygen atoms in total. The van der Waals surface area contributed by atoms with Gasteiger partial charge in [0.05, 0.1) is 13.0 Å². The van der Waals surface area contributed by atoms with Crippen molar-refractivity contribution in [2.24, 2.45) is 0 Å². The number of hydrogen-bond acceptors (Lipinski definition) is 4. The van der Waals surface area contributed by atoms with Crippen LogP contribution in [0.1, 0.15) is 13.3 Å². The van der Waals surface area contributed by atoms with E-state index < -0.39 is 6.10 Å². The maximum atomic E-state index is 10.8. The highest BCUT2D eigenvalue weighted by Gasteiger charge is 2.06. The van der Waals surface area contributed by atoms with Gasteiger partial charge in [-0.1, -0.05) is 6.08 Å². The Labute approximate surface area is 78.2 Å². The molecule has 1 N–H and O–H groups in total. The van der Waals surface area contributed by atoms with Crippen molar-refractivity contribution in [1.82, 2.24) is 0 Å². The van der Waals surface area contributed by atoms with Crippen LogP contribution in [-0.2, 0) is 14.3 Å². The summed E-state index contributed by atoms with van der Waals surface area (Å²) in [5.41, 5.74) is 0. The van der Waals surface area contributed by atoms with E-state index in [0.717, 1.165) is 0 Å². The Hall–Kier alpha value is -0.870. The molecule has 4 heteroatoms. The highest BCUT2D eigenvalue weighted by Crippen LogP contribution is 1.91. The second-order valence-electron chi connectivity index (χ2n) is 2.49. The van der Waals surface area contributed by atoms with E-state index in [1.807, 2.05) is 6.92 Å². The summed E-state index contributed by atoms with van der Waals surface area (Å²) in [6.45, 7) is 5.93. The van der Waals surface area contributed by atoms with Crippen molar-refractivity contribution in [3.8, 4) is 0 Å². The molecular weight excluding hydrogens is 172 g/mol. The van der Waals surface area contributed by atoms with E-state index >= 15 is 0 Å². The van der Waals surface area contributed by atoms with Gasteiger partial charge in [0, 0.05) is 6.61 Å². The summed E-state index contributed by atoms with van der Waals surface area (Å²) in [5, 5.41) is 9.17. The molecule has 1 atom stereocenters. The Balaban J connectivity index is 3.39. The fourth-order valence-corrected chi connectivity index (χ4v) is 0.668. The molecule has 0 aromatic rings. The van der Waals surface area contributed by atoms with Crippen molar-refractivity contribution < 1.29 is 19.4 Å². The monoisotopic (exact) mass is 188 g/mol. The average Bonchev–Trinajstić information content (AvgIpc) is 2.12. The van der Waals surface area contributed by atoms with Gasteiger partial charge >= 0.3 is 5.97 Å². The Morgan fingerprint density at radius 1 is 1.62 bits per heavy atom. The van der Waals surface area contributed by atoms with Crippen molar-refractivity contribution in [1.29, 1.82) is 0 Å². The Kier molecular flexibility index (Phi) is 7.24. The van der Waals surface area contributed by atoms with E-state index in [1.54, 1.807) is 0 Å². The van der Waals surface area contributed by atoms with Crippen molar-refractivity contribution in [2.45, 2.75) is 19.4 Å². The lowest BCUT2D eigenvalue weighted by molar-refractivity contribution is -0.146. The summed E-state index contributed by atoms with van der Waals surface area (Å²) in [7, 11) is 0. The van der Waals surface area contributed by atoms with Crippen molar-refractivity contribution in [3.63, 3.8) is 0 Å². The summed E-state index contributed by atoms with van der Waals surface area (Å²) < 4.78 is 9.63. The lowest BCUT2D eigenvalue weighted by atomic mass is 10.4. The number of carbonyl (C=O) groups is 1. The molecule has 0 radical (unpaired) electrons. The van der Waals surface area contributed by atoms with Crippen LogP contribution in [0, 0.1) is 0 Å². The van der Waals surface area contributed by atoms with E-state index in [1.165, 1.54) is 6.08 Å². The Morgan fingerprint density at radius 2 is 2.31 bits per heavy atom. The zero-order valence-electron chi connectivity index (χ0n) is 7.86. The quantitative estimate of drug-likeness (QED) is 0.467. The van der Waals surface area contributed by atoms with E-state index in [0.29, 0.717) is 6.61 Å². The van der Waals surface area contributed by atoms with Gasteiger partial charge in [-0.25, -0.2) is 0 Å². The number of ether oxygens (including phenoxy) is 2. The van der Waals surface area contributed by atoms with Gasteiger partial charge in [0.25, 0.3) is 0 Å². The first kappa shape index (κ1) is 12.1. The first-order chi connectivity index (χ1) is 6.20. The molecule has 0 aromatic carbocycles. The SMILES string of the molecule is C=CCC(=O)OCC(O)COCC. The lowest BCUT2D eigenvalue weighted by Crippen LogP contribution is -2.23. The fraction of sp³-hybridized carbons (Fsp3) is 0.667. The topological polar surface area (TPSA) is 55.8 Å². The Bertz CT molecular complexity index is 156. The third-order valence-electron chi connectivity index (χ3n) is 1.26. The van der Waals surface area contributed by atoms with Gasteiger partial charge in [0.1, 0.15) is 12.7 Å². The van der Waals surface area contributed by atoms with Gasteiger partial charge in [-0.05, 0) is 6.92 Å². The summed E-state index contributed by atoms with van der Waals surface area (Å²) in [4.78, 5) is 10.8. The molecule has 0 spiro atoms. The predicted octanol–water partition coefficient (Wildman–Crippen LogP) is 0.503. The third-order valence-corrected chi connectivity index (χ3v) is 1.26. The van der Waals surface area contributed by atoms with Gasteiger partial charge in [-0.2, -0.15) is 0 Å². The average molecular weight is 188 g/mol. The first-order valence-corrected chi connectivity index (χ1v) is 4.23. The fourth-order valence-electron chi connectivity index (χ4n) is 0.668. The smallest absolute Gasteiger partial charge is 0.309 e. The number of rotatable bonds is 7. The standard InChI is InChI=1S/C9H16O4/c1-3-5-9(11)13-7-8(10)6-12-4-2/h3,8,10H,1,4-7H2,2H3. The van der Waals surface area contributed by atoms with Gasteiger partial charge in [-0.3, -0.25) is 4.79 Å². The van der Waals surface area contributed by atoms with Crippen LogP contribution < -0.4 is 0 Å². The number of esters is 1. The molecule has 0 aromatic heterocycles. The summed E-state index contributed by atoms with van der Waals surface area (Å²) in [5.74, 6) is -0.384. The van der Waals surface area contributed by atoms with Crippen LogP contribution >= 0.6 is 0 Å². The molecule has 0 aliphatic carbocycles. The molecule has 0 saturated heterocycles. The van der Waals surface area contributed by atoms with Gasteiger partial charge in [0.15, 0.2) is 0 Å². The van der Waals surface area contributed by atoms with Crippen LogP contribution in [0.4, 0.5) is 0 Å². The molecule has 0 fully saturated rings. The lowest BCUT2D eigenvalue weighted by Gasteiger charge is -2.10. The molecule has 1 unspecified atom stereocenters. The third kappa shape index (κ3) is 7.49. The van der Waals surface area contributed by atoms with Crippen molar-refractivity contribution >= 4 is 5.97 Å². The number of carbonyl (C=O) groups excluding carboxylic acids is 1. The molecule has 0 aliphatic heterocycles. The minimum Gasteiger partial charge on any atom is -0.463 e. The molecule has 0 heterocycles. The van der Waals surface area contributed by atoms with Crippen LogP contribution in [0.15, 0.2) is 12.7 Å². The largest absolute Gasteiger partial charge is 0.463 e. The molecule has 0 saturated carbocycles. The van der Waals surface area contributed by atoms with E-state index in [2.05, 4.69) is 6.58 Å². The summed E-state index contributed by atoms with van der Waals surface area (Å²) in [6.07, 6.45) is 0.882. The second-order valence-corrected chi connectivity index (χ2v) is 2.49. The van der Waals surface area contributed by atoms with Crippen LogP contribution in [0.25, 0.3) is 0 Å². The van der Waals surface area contributed by atoms with Crippen molar-refractivity contribution in [3.05, 3.63) is 12.7 Å². The molecule has 0 aliphatic rings. The molecule has 0 bridgehead atoms. The van der Waals surface area contributed by atoms with Gasteiger partial charge in [0.2, 0.25) is 0 Å². The van der Waals surface area contributed by atoms with E-state index in [4.69, 9.17) is 14.6 Å². The minimum atomic E-state index is -0.742. The maximum Gasteiger partial charge on any atom is 0.309 e. The van der Waals surface area contributed by atoms with Crippen molar-refractivity contribution in [2.75, 3.05) is 19.8 Å². The Morgan fingerprint density at radius 3 is 2.85 bits per heavy atom. The number of hydrogen-bond donors (Lipinski definition) is 1. The second kappa shape index (κ2) is 7.76. The normalized spacial score (nSPS) is 12.2. The van der Waals surface area contributed by atoms with Gasteiger partial charge < -0.3 is 14.6 Å². The van der Waals surface area contributed by atoms with Crippen LogP contribution in [0.2, 0.25) is 0 Å². The highest BCUT2D eigenvalue weighted by atomic mass is 16.5. The first-order valence-electron chi connectivity index (χ1n) is 4.23. The van der Waals surface area contributed by atoms with Crippen LogP contribution in [-0.4, -0.2) is 37.0 Å². The zero-order chi connectivity index (χ0) is 10.1. The predicted molar refractivity (Wildman–Crippen MR) is 48.3 cm³/mol. The van der Waals surface area contributed by atoms with Gasteiger partial charge in [-0.15, -0.1) is 6.58 Å². The van der Waals surface area contributed by atoms with Crippen LogP contribution in [0.5, 0.6) is 0 Å². The molecular formula is C9H16O4. The van der Waals surface area contributed by atoms with E-state index in [9.17, 15) is 4.79 Å². The molecule has 0 amide bonds. The molecule has 13 heavy (non-hydrogen) atoms. The summed E-state index contributed by atoms with van der Waals surface area (Å²) >= 11 is 0. The van der Waals surface area contributed by atoms with E-state index in [-0.39, 0.29) is 25.6 Å². The highest BCUT2D eigenvalue weighted by molar-refractivity contribution is 5.70. The number of aliphatic hydroxyl groups is 1. The minimum absolute atomic E-state index is 0.0212. The van der Waals surface area contributed by atoms with Crippen LogP contribution in [0.3, 0.4) is 0 Å².